The summed E-state index contributed by atoms with van der Waals surface area (Å²) >= 11 is 0. The van der Waals surface area contributed by atoms with Crippen LogP contribution in [0.25, 0.3) is 0 Å². The van der Waals surface area contributed by atoms with Gasteiger partial charge in [-0.25, -0.2) is 4.39 Å². The SMILES string of the molecule is O=C1N(CC(F)(F)F)c2cccc(F)c2C12CCN(c1nc3c(c(=O)[nH]1)CCCN3)CC2. The molecule has 1 amide bonds. The van der Waals surface area contributed by atoms with Crippen LogP contribution in [-0.4, -0.2) is 48.2 Å². The zero-order valence-electron chi connectivity index (χ0n) is 17.1. The molecule has 32 heavy (non-hydrogen) atoms. The first-order chi connectivity index (χ1) is 15.2. The molecule has 0 aliphatic carbocycles. The minimum absolute atomic E-state index is 0.0229. The normalized spacial score (nSPS) is 19.7. The molecule has 11 heteroatoms. The molecule has 1 saturated heterocycles. The summed E-state index contributed by atoms with van der Waals surface area (Å²) in [4.78, 5) is 35.3. The molecule has 3 aliphatic rings. The third-order valence-electron chi connectivity index (χ3n) is 6.57. The van der Waals surface area contributed by atoms with Crippen molar-refractivity contribution in [2.24, 2.45) is 0 Å². The minimum Gasteiger partial charge on any atom is -0.370 e. The van der Waals surface area contributed by atoms with Crippen molar-refractivity contribution in [3.63, 3.8) is 0 Å². The number of anilines is 3. The molecule has 0 saturated carbocycles. The zero-order valence-corrected chi connectivity index (χ0v) is 17.1. The summed E-state index contributed by atoms with van der Waals surface area (Å²) < 4.78 is 54.3. The van der Waals surface area contributed by atoms with Crippen LogP contribution in [-0.2, 0) is 16.6 Å². The first-order valence-corrected chi connectivity index (χ1v) is 10.5. The van der Waals surface area contributed by atoms with Crippen molar-refractivity contribution in [3.05, 3.63) is 45.5 Å². The molecular formula is C21H21F4N5O2. The van der Waals surface area contributed by atoms with Crippen LogP contribution in [0.15, 0.2) is 23.0 Å². The van der Waals surface area contributed by atoms with Gasteiger partial charge in [0.2, 0.25) is 11.9 Å². The van der Waals surface area contributed by atoms with Gasteiger partial charge in [0.25, 0.3) is 5.56 Å². The van der Waals surface area contributed by atoms with Gasteiger partial charge in [0, 0.05) is 25.2 Å². The molecule has 5 rings (SSSR count). The number of piperidine rings is 1. The van der Waals surface area contributed by atoms with Gasteiger partial charge < -0.3 is 15.1 Å². The van der Waals surface area contributed by atoms with Crippen LogP contribution in [0.2, 0.25) is 0 Å². The van der Waals surface area contributed by atoms with Gasteiger partial charge in [-0.05, 0) is 37.8 Å². The molecule has 1 fully saturated rings. The number of benzene rings is 1. The summed E-state index contributed by atoms with van der Waals surface area (Å²) in [6, 6.07) is 3.84. The molecule has 3 aliphatic heterocycles. The Hall–Kier alpha value is -3.11. The maximum absolute atomic E-state index is 14.8. The number of fused-ring (bicyclic) bond motifs is 3. The number of nitrogens with one attached hydrogen (secondary N) is 2. The Labute approximate surface area is 180 Å². The number of rotatable bonds is 2. The van der Waals surface area contributed by atoms with Crippen molar-refractivity contribution in [1.82, 2.24) is 9.97 Å². The molecule has 2 N–H and O–H groups in total. The number of hydrogen-bond acceptors (Lipinski definition) is 5. The molecule has 0 unspecified atom stereocenters. The van der Waals surface area contributed by atoms with E-state index in [0.29, 0.717) is 35.2 Å². The van der Waals surface area contributed by atoms with E-state index in [9.17, 15) is 27.2 Å². The number of aromatic nitrogens is 2. The number of H-pyrrole nitrogens is 1. The Balaban J connectivity index is 1.46. The Morgan fingerprint density at radius 1 is 1.16 bits per heavy atom. The van der Waals surface area contributed by atoms with Crippen LogP contribution < -0.4 is 20.7 Å². The standard InChI is InChI=1S/C21H21F4N5O2/c22-13-4-1-5-14-15(13)20(18(32)30(14)11-21(23,24)25)6-9-29(10-7-20)19-27-16-12(17(31)28-19)3-2-8-26-16/h1,4-5H,2-3,6-11H2,(H2,26,27,28,31). The van der Waals surface area contributed by atoms with Crippen molar-refractivity contribution in [2.45, 2.75) is 37.3 Å². The van der Waals surface area contributed by atoms with Crippen LogP contribution in [0.5, 0.6) is 0 Å². The predicted octanol–water partition coefficient (Wildman–Crippen LogP) is 2.71. The lowest BCUT2D eigenvalue weighted by atomic mass is 9.73. The minimum atomic E-state index is -4.61. The molecule has 1 spiro atoms. The fourth-order valence-electron chi connectivity index (χ4n) is 5.07. The van der Waals surface area contributed by atoms with Crippen LogP contribution in [0, 0.1) is 5.82 Å². The van der Waals surface area contributed by atoms with E-state index in [1.807, 2.05) is 0 Å². The smallest absolute Gasteiger partial charge is 0.370 e. The summed E-state index contributed by atoms with van der Waals surface area (Å²) in [7, 11) is 0. The highest BCUT2D eigenvalue weighted by Gasteiger charge is 2.55. The molecular weight excluding hydrogens is 430 g/mol. The quantitative estimate of drug-likeness (QED) is 0.687. The van der Waals surface area contributed by atoms with E-state index in [2.05, 4.69) is 15.3 Å². The average molecular weight is 451 g/mol. The second-order valence-corrected chi connectivity index (χ2v) is 8.46. The lowest BCUT2D eigenvalue weighted by molar-refractivity contribution is -0.135. The molecule has 170 valence electrons. The second kappa shape index (κ2) is 7.21. The van der Waals surface area contributed by atoms with Crippen molar-refractivity contribution in [1.29, 1.82) is 0 Å². The largest absolute Gasteiger partial charge is 0.406 e. The molecule has 0 atom stereocenters. The van der Waals surface area contributed by atoms with Crippen molar-refractivity contribution in [2.75, 3.05) is 41.3 Å². The predicted molar refractivity (Wildman–Crippen MR) is 110 cm³/mol. The average Bonchev–Trinajstić information content (AvgIpc) is 2.97. The highest BCUT2D eigenvalue weighted by Crippen LogP contribution is 2.50. The summed E-state index contributed by atoms with van der Waals surface area (Å²) in [5, 5.41) is 3.11. The Morgan fingerprint density at radius 3 is 2.62 bits per heavy atom. The van der Waals surface area contributed by atoms with Gasteiger partial charge in [-0.3, -0.25) is 14.6 Å². The van der Waals surface area contributed by atoms with Crippen LogP contribution in [0.3, 0.4) is 0 Å². The van der Waals surface area contributed by atoms with Crippen molar-refractivity contribution >= 4 is 23.4 Å². The lowest BCUT2D eigenvalue weighted by Gasteiger charge is -2.39. The van der Waals surface area contributed by atoms with Gasteiger partial charge in [0.15, 0.2) is 0 Å². The third kappa shape index (κ3) is 3.21. The molecule has 1 aromatic carbocycles. The molecule has 0 bridgehead atoms. The Bertz CT molecular complexity index is 1140. The number of halogens is 4. The topological polar surface area (TPSA) is 81.3 Å². The number of amides is 1. The third-order valence-corrected chi connectivity index (χ3v) is 6.57. The van der Waals surface area contributed by atoms with E-state index >= 15 is 0 Å². The van der Waals surface area contributed by atoms with E-state index in [0.717, 1.165) is 6.42 Å². The Morgan fingerprint density at radius 2 is 1.91 bits per heavy atom. The molecule has 1 aromatic heterocycles. The number of nitrogens with zero attached hydrogens (tertiary/aromatic N) is 3. The summed E-state index contributed by atoms with van der Waals surface area (Å²) in [5.41, 5.74) is -0.997. The fourth-order valence-corrected chi connectivity index (χ4v) is 5.07. The lowest BCUT2D eigenvalue weighted by Crippen LogP contribution is -2.51. The number of aromatic amines is 1. The second-order valence-electron chi connectivity index (χ2n) is 8.46. The molecule has 4 heterocycles. The van der Waals surface area contributed by atoms with Gasteiger partial charge in [0.05, 0.1) is 16.7 Å². The summed E-state index contributed by atoms with van der Waals surface area (Å²) in [5.74, 6) is -0.550. The highest BCUT2D eigenvalue weighted by molar-refractivity contribution is 6.08. The summed E-state index contributed by atoms with van der Waals surface area (Å²) in [6.07, 6.45) is -2.91. The van der Waals surface area contributed by atoms with E-state index in [1.165, 1.54) is 18.2 Å². The van der Waals surface area contributed by atoms with Crippen molar-refractivity contribution in [3.8, 4) is 0 Å². The molecule has 7 nitrogen and oxygen atoms in total. The van der Waals surface area contributed by atoms with Gasteiger partial charge in [-0.1, -0.05) is 6.07 Å². The first kappa shape index (κ1) is 20.8. The van der Waals surface area contributed by atoms with E-state index in [1.54, 1.807) is 4.90 Å². The van der Waals surface area contributed by atoms with Crippen LogP contribution >= 0.6 is 0 Å². The number of carbonyl (C=O) groups excluding carboxylic acids is 1. The monoisotopic (exact) mass is 451 g/mol. The number of alkyl halides is 3. The van der Waals surface area contributed by atoms with E-state index in [4.69, 9.17) is 0 Å². The molecule has 2 aromatic rings. The van der Waals surface area contributed by atoms with Crippen molar-refractivity contribution < 1.29 is 22.4 Å². The fraction of sp³-hybridized carbons (Fsp3) is 0.476. The maximum atomic E-state index is 14.8. The molecule has 0 radical (unpaired) electrons. The maximum Gasteiger partial charge on any atom is 0.406 e. The van der Waals surface area contributed by atoms with E-state index < -0.39 is 29.9 Å². The van der Waals surface area contributed by atoms with Crippen LogP contribution in [0.4, 0.5) is 35.0 Å². The highest BCUT2D eigenvalue weighted by atomic mass is 19.4. The van der Waals surface area contributed by atoms with Gasteiger partial charge >= 0.3 is 6.18 Å². The van der Waals surface area contributed by atoms with Crippen LogP contribution in [0.1, 0.15) is 30.4 Å². The van der Waals surface area contributed by atoms with E-state index in [-0.39, 0.29) is 42.7 Å². The summed E-state index contributed by atoms with van der Waals surface area (Å²) in [6.45, 7) is -0.271. The number of hydrogen-bond donors (Lipinski definition) is 2. The number of carbonyl (C=O) groups is 1. The van der Waals surface area contributed by atoms with Gasteiger partial charge in [-0.2, -0.15) is 18.2 Å². The van der Waals surface area contributed by atoms with Gasteiger partial charge in [0.1, 0.15) is 18.2 Å². The van der Waals surface area contributed by atoms with Gasteiger partial charge in [-0.15, -0.1) is 0 Å². The zero-order chi connectivity index (χ0) is 22.7. The first-order valence-electron chi connectivity index (χ1n) is 10.5. The Kier molecular flexibility index (Phi) is 4.68.